The average Bonchev–Trinajstić information content (AvgIpc) is 2.95. The van der Waals surface area contributed by atoms with Crippen molar-refractivity contribution in [1.29, 1.82) is 0 Å². The lowest BCUT2D eigenvalue weighted by Crippen LogP contribution is -2.54. The Hall–Kier alpha value is -1.16. The van der Waals surface area contributed by atoms with Crippen molar-refractivity contribution in [1.82, 2.24) is 4.90 Å². The summed E-state index contributed by atoms with van der Waals surface area (Å²) in [4.78, 5) is 2.40. The number of hydrogen-bond donors (Lipinski definition) is 2. The van der Waals surface area contributed by atoms with E-state index in [0.29, 0.717) is 12.5 Å². The molecular weight excluding hydrogens is 334 g/mol. The normalized spacial score (nSPS) is 35.4. The van der Waals surface area contributed by atoms with Gasteiger partial charge >= 0.3 is 0 Å². The lowest BCUT2D eigenvalue weighted by atomic mass is 9.71. The summed E-state index contributed by atoms with van der Waals surface area (Å²) in [7, 11) is 0. The van der Waals surface area contributed by atoms with Crippen LogP contribution < -0.4 is 0 Å². The first-order valence-electron chi connectivity index (χ1n) is 10.4. The molecule has 2 N–H and O–H groups in total. The molecule has 1 saturated carbocycles. The quantitative estimate of drug-likeness (QED) is 0.777. The summed E-state index contributed by atoms with van der Waals surface area (Å²) in [6, 6.07) is 8.25. The van der Waals surface area contributed by atoms with Crippen molar-refractivity contribution in [2.75, 3.05) is 13.1 Å². The van der Waals surface area contributed by atoms with Gasteiger partial charge in [-0.15, -0.1) is 0 Å². The molecule has 0 unspecified atom stereocenters. The molecule has 0 aromatic heterocycles. The van der Waals surface area contributed by atoms with E-state index < -0.39 is 5.60 Å². The molecule has 150 valence electrons. The van der Waals surface area contributed by atoms with E-state index in [1.165, 1.54) is 12.0 Å². The number of hydrogen-bond acceptors (Lipinski definition) is 3. The van der Waals surface area contributed by atoms with Gasteiger partial charge in [0.25, 0.3) is 0 Å². The predicted octanol–water partition coefficient (Wildman–Crippen LogP) is 4.27. The minimum atomic E-state index is -0.927. The third-order valence-corrected chi connectivity index (χ3v) is 7.36. The van der Waals surface area contributed by atoms with Gasteiger partial charge in [0.05, 0.1) is 6.10 Å². The van der Waals surface area contributed by atoms with Gasteiger partial charge in [-0.1, -0.05) is 55.3 Å². The topological polar surface area (TPSA) is 43.7 Å². The van der Waals surface area contributed by atoms with Crippen LogP contribution in [-0.2, 0) is 5.60 Å². The van der Waals surface area contributed by atoms with E-state index in [4.69, 9.17) is 0 Å². The summed E-state index contributed by atoms with van der Waals surface area (Å²) in [5.74, 6) is 0.831. The summed E-state index contributed by atoms with van der Waals surface area (Å²) >= 11 is 0. The van der Waals surface area contributed by atoms with Gasteiger partial charge in [-0.2, -0.15) is 0 Å². The van der Waals surface area contributed by atoms with Crippen molar-refractivity contribution in [3.05, 3.63) is 47.5 Å². The second kappa shape index (κ2) is 7.35. The van der Waals surface area contributed by atoms with E-state index in [1.807, 2.05) is 6.92 Å². The third kappa shape index (κ3) is 3.74. The molecule has 27 heavy (non-hydrogen) atoms. The van der Waals surface area contributed by atoms with Crippen LogP contribution in [0, 0.1) is 24.7 Å². The van der Waals surface area contributed by atoms with Crippen molar-refractivity contribution in [2.45, 2.75) is 71.1 Å². The fraction of sp³-hybridized carbons (Fsp3) is 0.667. The zero-order valence-electron chi connectivity index (χ0n) is 17.7. The van der Waals surface area contributed by atoms with E-state index in [2.05, 4.69) is 63.4 Å². The molecule has 1 aromatic rings. The van der Waals surface area contributed by atoms with Crippen LogP contribution in [0.25, 0.3) is 0 Å². The summed E-state index contributed by atoms with van der Waals surface area (Å²) in [5, 5.41) is 22.5. The molecule has 0 radical (unpaired) electrons. The third-order valence-electron chi connectivity index (χ3n) is 7.36. The minimum absolute atomic E-state index is 0.000798. The lowest BCUT2D eigenvalue weighted by molar-refractivity contribution is -0.0490. The minimum Gasteiger partial charge on any atom is -0.393 e. The molecule has 3 rings (SSSR count). The molecule has 3 heteroatoms. The molecule has 1 aliphatic heterocycles. The van der Waals surface area contributed by atoms with Gasteiger partial charge in [0, 0.05) is 30.5 Å². The van der Waals surface area contributed by atoms with E-state index in [0.717, 1.165) is 30.5 Å². The molecule has 5 atom stereocenters. The van der Waals surface area contributed by atoms with Crippen molar-refractivity contribution >= 4 is 0 Å². The Morgan fingerprint density at radius 2 is 1.85 bits per heavy atom. The number of likely N-dealkylation sites (tertiary alicyclic amines) is 1. The first-order valence-corrected chi connectivity index (χ1v) is 10.4. The molecule has 1 saturated heterocycles. The summed E-state index contributed by atoms with van der Waals surface area (Å²) in [6.45, 7) is 16.4. The number of nitrogens with zero attached hydrogens (tertiary/aromatic N) is 1. The molecule has 2 fully saturated rings. The highest BCUT2D eigenvalue weighted by Crippen LogP contribution is 2.46. The number of aliphatic hydroxyl groups is 2. The summed E-state index contributed by atoms with van der Waals surface area (Å²) in [6.07, 6.45) is 2.84. The maximum absolute atomic E-state index is 11.8. The Morgan fingerprint density at radius 1 is 1.22 bits per heavy atom. The largest absolute Gasteiger partial charge is 0.393 e. The van der Waals surface area contributed by atoms with Gasteiger partial charge in [-0.25, -0.2) is 0 Å². The second-order valence-corrected chi connectivity index (χ2v) is 9.82. The zero-order chi connectivity index (χ0) is 20.0. The lowest BCUT2D eigenvalue weighted by Gasteiger charge is -2.47. The van der Waals surface area contributed by atoms with Crippen LogP contribution in [0.5, 0.6) is 0 Å². The van der Waals surface area contributed by atoms with Crippen LogP contribution in [-0.4, -0.2) is 39.8 Å². The van der Waals surface area contributed by atoms with E-state index in [1.54, 1.807) is 0 Å². The van der Waals surface area contributed by atoms with Crippen molar-refractivity contribution in [2.24, 2.45) is 17.8 Å². The number of benzene rings is 1. The number of aryl methyl sites for hydroxylation is 1. The Kier molecular flexibility index (Phi) is 5.60. The molecule has 3 nitrogen and oxygen atoms in total. The first kappa shape index (κ1) is 20.6. The van der Waals surface area contributed by atoms with Crippen LogP contribution in [0.3, 0.4) is 0 Å². The van der Waals surface area contributed by atoms with E-state index >= 15 is 0 Å². The Bertz CT molecular complexity index is 680. The molecule has 0 bridgehead atoms. The highest BCUT2D eigenvalue weighted by atomic mass is 16.3. The highest BCUT2D eigenvalue weighted by molar-refractivity contribution is 5.32. The second-order valence-electron chi connectivity index (χ2n) is 9.82. The van der Waals surface area contributed by atoms with Crippen LogP contribution in [0.4, 0.5) is 0 Å². The number of rotatable bonds is 4. The smallest absolute Gasteiger partial charge is 0.110 e. The van der Waals surface area contributed by atoms with Crippen LogP contribution >= 0.6 is 0 Å². The van der Waals surface area contributed by atoms with Gasteiger partial charge in [0.15, 0.2) is 0 Å². The monoisotopic (exact) mass is 371 g/mol. The van der Waals surface area contributed by atoms with Gasteiger partial charge in [-0.3, -0.25) is 4.90 Å². The van der Waals surface area contributed by atoms with Crippen molar-refractivity contribution < 1.29 is 10.2 Å². The van der Waals surface area contributed by atoms with E-state index in [9.17, 15) is 10.2 Å². The van der Waals surface area contributed by atoms with Gasteiger partial charge in [0.1, 0.15) is 5.60 Å². The molecule has 0 amide bonds. The molecular formula is C24H37NO2. The standard InChI is InChI=1S/C24H37NO2/c1-16(2)21-14-25(15-24(21,27)19-10-7-17(3)8-11-19)23(5,6)20-12-9-18(4)13-22(20)26/h7-8,10-11,18,20-22,26-27H,1,9,12-15H2,2-6H3/t18-,20-,21-,22-,24+/m1/s1. The molecule has 0 spiro atoms. The van der Waals surface area contributed by atoms with Gasteiger partial charge in [-0.05, 0) is 52.0 Å². The summed E-state index contributed by atoms with van der Waals surface area (Å²) in [5.41, 5.74) is 2.10. The molecule has 1 aromatic carbocycles. The van der Waals surface area contributed by atoms with Crippen LogP contribution in [0.15, 0.2) is 36.4 Å². The summed E-state index contributed by atoms with van der Waals surface area (Å²) < 4.78 is 0. The molecule has 1 aliphatic carbocycles. The van der Waals surface area contributed by atoms with E-state index in [-0.39, 0.29) is 23.5 Å². The van der Waals surface area contributed by atoms with Gasteiger partial charge < -0.3 is 10.2 Å². The van der Waals surface area contributed by atoms with Crippen LogP contribution in [0.1, 0.15) is 58.1 Å². The maximum atomic E-state index is 11.8. The number of aliphatic hydroxyl groups excluding tert-OH is 1. The van der Waals surface area contributed by atoms with Crippen LogP contribution in [0.2, 0.25) is 0 Å². The molecule has 1 heterocycles. The number of β-amino-alcohol motifs (C(OH)–C–C–N with tert-alkyl or cyclic N) is 1. The average molecular weight is 372 g/mol. The van der Waals surface area contributed by atoms with Crippen molar-refractivity contribution in [3.8, 4) is 0 Å². The Morgan fingerprint density at radius 3 is 2.41 bits per heavy atom. The van der Waals surface area contributed by atoms with Gasteiger partial charge in [0.2, 0.25) is 0 Å². The fourth-order valence-corrected chi connectivity index (χ4v) is 5.38. The predicted molar refractivity (Wildman–Crippen MR) is 112 cm³/mol. The van der Waals surface area contributed by atoms with Crippen molar-refractivity contribution in [3.63, 3.8) is 0 Å². The zero-order valence-corrected chi connectivity index (χ0v) is 17.7. The fourth-order valence-electron chi connectivity index (χ4n) is 5.38. The Balaban J connectivity index is 1.89. The SMILES string of the molecule is C=C(C)[C@H]1CN(C(C)(C)[C@@H]2CC[C@@H](C)C[C@H]2O)C[C@]1(O)c1ccc(C)cc1. The Labute approximate surface area is 165 Å². The first-order chi connectivity index (χ1) is 12.6. The highest BCUT2D eigenvalue weighted by Gasteiger charge is 2.53. The maximum Gasteiger partial charge on any atom is 0.110 e. The molecule has 2 aliphatic rings.